The molecule has 3 nitrogen and oxygen atoms in total. The second-order valence-electron chi connectivity index (χ2n) is 6.97. The Bertz CT molecular complexity index is 260. The maximum atomic E-state index is 5.48. The SMILES string of the molecule is C1CCCC(NCCN2CC3(CCOCC3)C2)CC1. The summed E-state index contributed by atoms with van der Waals surface area (Å²) in [6.45, 7) is 7.07. The first kappa shape index (κ1) is 13.8. The van der Waals surface area contributed by atoms with Crippen LogP contribution in [0.25, 0.3) is 0 Å². The molecule has 110 valence electrons. The molecular formula is C16H30N2O. The number of nitrogens with zero attached hydrogens (tertiary/aromatic N) is 1. The highest BCUT2D eigenvalue weighted by Crippen LogP contribution is 2.39. The smallest absolute Gasteiger partial charge is 0.0472 e. The topological polar surface area (TPSA) is 24.5 Å². The first-order valence-electron chi connectivity index (χ1n) is 8.40. The number of ether oxygens (including phenoxy) is 1. The monoisotopic (exact) mass is 266 g/mol. The zero-order valence-electron chi connectivity index (χ0n) is 12.3. The lowest BCUT2D eigenvalue weighted by Crippen LogP contribution is -2.59. The van der Waals surface area contributed by atoms with Crippen molar-refractivity contribution >= 4 is 0 Å². The minimum atomic E-state index is 0.639. The molecule has 2 heterocycles. The van der Waals surface area contributed by atoms with Crippen molar-refractivity contribution in [1.82, 2.24) is 10.2 Å². The summed E-state index contributed by atoms with van der Waals surface area (Å²) in [5.41, 5.74) is 0.639. The van der Waals surface area contributed by atoms with Crippen molar-refractivity contribution in [3.63, 3.8) is 0 Å². The molecule has 1 aliphatic carbocycles. The highest BCUT2D eigenvalue weighted by molar-refractivity contribution is 4.96. The second-order valence-corrected chi connectivity index (χ2v) is 6.97. The molecule has 0 aromatic rings. The molecule has 0 bridgehead atoms. The third kappa shape index (κ3) is 3.71. The zero-order chi connectivity index (χ0) is 13.0. The van der Waals surface area contributed by atoms with Gasteiger partial charge in [-0.25, -0.2) is 0 Å². The molecule has 3 fully saturated rings. The van der Waals surface area contributed by atoms with Gasteiger partial charge in [-0.3, -0.25) is 0 Å². The van der Waals surface area contributed by atoms with E-state index in [1.807, 2.05) is 0 Å². The fourth-order valence-electron chi connectivity index (χ4n) is 4.09. The van der Waals surface area contributed by atoms with E-state index in [1.54, 1.807) is 0 Å². The van der Waals surface area contributed by atoms with E-state index >= 15 is 0 Å². The van der Waals surface area contributed by atoms with Crippen LogP contribution in [0, 0.1) is 5.41 Å². The first-order chi connectivity index (χ1) is 9.36. The van der Waals surface area contributed by atoms with E-state index < -0.39 is 0 Å². The molecule has 3 heteroatoms. The summed E-state index contributed by atoms with van der Waals surface area (Å²) >= 11 is 0. The van der Waals surface area contributed by atoms with Crippen molar-refractivity contribution in [3.8, 4) is 0 Å². The fourth-order valence-corrected chi connectivity index (χ4v) is 4.09. The molecule has 0 aromatic carbocycles. The molecule has 1 spiro atoms. The van der Waals surface area contributed by atoms with Crippen molar-refractivity contribution in [3.05, 3.63) is 0 Å². The van der Waals surface area contributed by atoms with Crippen molar-refractivity contribution in [2.24, 2.45) is 5.41 Å². The molecule has 3 rings (SSSR count). The Morgan fingerprint density at radius 1 is 1.00 bits per heavy atom. The Hall–Kier alpha value is -0.120. The Labute approximate surface area is 118 Å². The van der Waals surface area contributed by atoms with Crippen LogP contribution in [-0.4, -0.2) is 50.3 Å². The van der Waals surface area contributed by atoms with Gasteiger partial charge in [-0.05, 0) is 25.7 Å². The van der Waals surface area contributed by atoms with Crippen LogP contribution in [0.1, 0.15) is 51.4 Å². The van der Waals surface area contributed by atoms with Crippen LogP contribution in [0.5, 0.6) is 0 Å². The van der Waals surface area contributed by atoms with Crippen LogP contribution in [0.4, 0.5) is 0 Å². The van der Waals surface area contributed by atoms with Gasteiger partial charge in [0.05, 0.1) is 0 Å². The van der Waals surface area contributed by atoms with Crippen molar-refractivity contribution in [2.45, 2.75) is 57.4 Å². The highest BCUT2D eigenvalue weighted by atomic mass is 16.5. The Kier molecular flexibility index (Phi) is 4.78. The van der Waals surface area contributed by atoms with Crippen molar-refractivity contribution in [2.75, 3.05) is 39.4 Å². The molecule has 0 amide bonds. The summed E-state index contributed by atoms with van der Waals surface area (Å²) in [7, 11) is 0. The Morgan fingerprint density at radius 3 is 2.37 bits per heavy atom. The molecule has 1 saturated carbocycles. The Morgan fingerprint density at radius 2 is 1.68 bits per heavy atom. The van der Waals surface area contributed by atoms with E-state index in [9.17, 15) is 0 Å². The van der Waals surface area contributed by atoms with Gasteiger partial charge in [0.2, 0.25) is 0 Å². The Balaban J connectivity index is 1.29. The molecule has 19 heavy (non-hydrogen) atoms. The molecule has 0 atom stereocenters. The lowest BCUT2D eigenvalue weighted by atomic mass is 9.73. The van der Waals surface area contributed by atoms with Gasteiger partial charge in [0.25, 0.3) is 0 Å². The fraction of sp³-hybridized carbons (Fsp3) is 1.00. The molecule has 2 saturated heterocycles. The normalized spacial score (nSPS) is 29.1. The zero-order valence-corrected chi connectivity index (χ0v) is 12.3. The van der Waals surface area contributed by atoms with Crippen LogP contribution in [0.15, 0.2) is 0 Å². The van der Waals surface area contributed by atoms with Gasteiger partial charge < -0.3 is 15.0 Å². The average molecular weight is 266 g/mol. The quantitative estimate of drug-likeness (QED) is 0.791. The number of likely N-dealkylation sites (tertiary alicyclic amines) is 1. The molecule has 1 N–H and O–H groups in total. The van der Waals surface area contributed by atoms with Crippen LogP contribution < -0.4 is 5.32 Å². The summed E-state index contributed by atoms with van der Waals surface area (Å²) in [6, 6.07) is 0.806. The molecule has 0 radical (unpaired) electrons. The van der Waals surface area contributed by atoms with Crippen LogP contribution in [0.2, 0.25) is 0 Å². The molecular weight excluding hydrogens is 236 g/mol. The van der Waals surface area contributed by atoms with E-state index in [4.69, 9.17) is 4.74 Å². The third-order valence-electron chi connectivity index (χ3n) is 5.39. The van der Waals surface area contributed by atoms with Crippen LogP contribution in [0.3, 0.4) is 0 Å². The summed E-state index contributed by atoms with van der Waals surface area (Å²) < 4.78 is 5.48. The number of nitrogens with one attached hydrogen (secondary N) is 1. The van der Waals surface area contributed by atoms with Gasteiger partial charge in [0.1, 0.15) is 0 Å². The van der Waals surface area contributed by atoms with Gasteiger partial charge in [-0.15, -0.1) is 0 Å². The number of hydrogen-bond acceptors (Lipinski definition) is 3. The third-order valence-corrected chi connectivity index (χ3v) is 5.39. The van der Waals surface area contributed by atoms with Gasteiger partial charge in [0, 0.05) is 50.8 Å². The highest BCUT2D eigenvalue weighted by Gasteiger charge is 2.43. The molecule has 0 aromatic heterocycles. The molecule has 0 unspecified atom stereocenters. The van der Waals surface area contributed by atoms with Gasteiger partial charge in [0.15, 0.2) is 0 Å². The maximum absolute atomic E-state index is 5.48. The predicted molar refractivity (Wildman–Crippen MR) is 78.4 cm³/mol. The van der Waals surface area contributed by atoms with E-state index in [2.05, 4.69) is 10.2 Å². The van der Waals surface area contributed by atoms with E-state index in [1.165, 1.54) is 77.5 Å². The predicted octanol–water partition coefficient (Wildman–Crippen LogP) is 2.41. The van der Waals surface area contributed by atoms with E-state index in [-0.39, 0.29) is 0 Å². The maximum Gasteiger partial charge on any atom is 0.0472 e. The van der Waals surface area contributed by atoms with Crippen molar-refractivity contribution in [1.29, 1.82) is 0 Å². The largest absolute Gasteiger partial charge is 0.381 e. The van der Waals surface area contributed by atoms with E-state index in [0.29, 0.717) is 5.41 Å². The summed E-state index contributed by atoms with van der Waals surface area (Å²) in [6.07, 6.45) is 11.2. The summed E-state index contributed by atoms with van der Waals surface area (Å²) in [5.74, 6) is 0. The first-order valence-corrected chi connectivity index (χ1v) is 8.40. The minimum absolute atomic E-state index is 0.639. The molecule has 2 aliphatic heterocycles. The van der Waals surface area contributed by atoms with Crippen molar-refractivity contribution < 1.29 is 4.74 Å². The lowest BCUT2D eigenvalue weighted by molar-refractivity contribution is -0.0797. The second kappa shape index (κ2) is 6.55. The van der Waals surface area contributed by atoms with Gasteiger partial charge in [-0.2, -0.15) is 0 Å². The van der Waals surface area contributed by atoms with Crippen LogP contribution >= 0.6 is 0 Å². The number of rotatable bonds is 4. The standard InChI is InChI=1S/C16H30N2O/c1-2-4-6-15(5-3-1)17-9-10-18-13-16(14-18)7-11-19-12-8-16/h15,17H,1-14H2. The minimum Gasteiger partial charge on any atom is -0.381 e. The summed E-state index contributed by atoms with van der Waals surface area (Å²) in [5, 5.41) is 3.79. The average Bonchev–Trinajstić information content (AvgIpc) is 2.67. The summed E-state index contributed by atoms with van der Waals surface area (Å²) in [4.78, 5) is 2.63. The van der Waals surface area contributed by atoms with Gasteiger partial charge >= 0.3 is 0 Å². The molecule has 3 aliphatic rings. The van der Waals surface area contributed by atoms with E-state index in [0.717, 1.165) is 19.3 Å². The number of hydrogen-bond donors (Lipinski definition) is 1. The van der Waals surface area contributed by atoms with Gasteiger partial charge in [-0.1, -0.05) is 25.7 Å². The lowest BCUT2D eigenvalue weighted by Gasteiger charge is -2.52. The van der Waals surface area contributed by atoms with Crippen LogP contribution in [-0.2, 0) is 4.74 Å².